The van der Waals surface area contributed by atoms with Gasteiger partial charge in [0, 0.05) is 54.7 Å². The molecule has 2 aromatic heterocycles. The Bertz CT molecular complexity index is 2570. The van der Waals surface area contributed by atoms with Crippen molar-refractivity contribution in [3.63, 3.8) is 0 Å². The molecule has 4 heterocycles. The van der Waals surface area contributed by atoms with Crippen LogP contribution in [0.25, 0.3) is 0 Å². The molecule has 1 atom stereocenters. The van der Waals surface area contributed by atoms with Crippen molar-refractivity contribution in [2.45, 2.75) is 99.8 Å². The Labute approximate surface area is 474 Å². The number of nitrogens with zero attached hydrogens (tertiary/aromatic N) is 11. The van der Waals surface area contributed by atoms with Crippen LogP contribution >= 0.6 is 33.9 Å². The molecule has 2 saturated heterocycles. The maximum Gasteiger partial charge on any atom is 0.353 e. The summed E-state index contributed by atoms with van der Waals surface area (Å²) in [7, 11) is 6.08. The van der Waals surface area contributed by atoms with Crippen LogP contribution in [0.3, 0.4) is 0 Å². The molecule has 0 aliphatic carbocycles. The second-order valence-corrected chi connectivity index (χ2v) is 18.2. The summed E-state index contributed by atoms with van der Waals surface area (Å²) in [5, 5.41) is 25.3. The molecule has 24 nitrogen and oxygen atoms in total. The number of benzene rings is 2. The molecule has 6 rings (SSSR count). The average Bonchev–Trinajstić information content (AvgIpc) is 4.14. The molecule has 2 aliphatic heterocycles. The lowest BCUT2D eigenvalue weighted by Gasteiger charge is -2.24. The van der Waals surface area contributed by atoms with E-state index in [-0.39, 0.29) is 62.1 Å². The van der Waals surface area contributed by atoms with E-state index in [4.69, 9.17) is 35.2 Å². The first-order valence-corrected chi connectivity index (χ1v) is 25.4. The highest BCUT2D eigenvalue weighted by Gasteiger charge is 2.32. The van der Waals surface area contributed by atoms with Crippen molar-refractivity contribution in [2.24, 2.45) is 0 Å². The molecule has 27 heteroatoms. The second kappa shape index (κ2) is 35.9. The van der Waals surface area contributed by atoms with Gasteiger partial charge in [-0.05, 0) is 101 Å². The molecule has 2 fully saturated rings. The summed E-state index contributed by atoms with van der Waals surface area (Å²) in [5.74, 6) is -3.38. The van der Waals surface area contributed by atoms with Crippen LogP contribution in [0, 0.1) is 20.2 Å². The highest BCUT2D eigenvalue weighted by atomic mass is 35.5. The predicted octanol–water partition coefficient (Wildman–Crippen LogP) is 6.77. The van der Waals surface area contributed by atoms with Crippen LogP contribution in [0.2, 0.25) is 5.15 Å². The van der Waals surface area contributed by atoms with Gasteiger partial charge in [0.2, 0.25) is 34.3 Å². The molecule has 432 valence electrons. The zero-order chi connectivity index (χ0) is 59.0. The maximum atomic E-state index is 12.9. The molecule has 5 N–H and O–H groups in total. The molecule has 2 amide bonds. The van der Waals surface area contributed by atoms with Crippen LogP contribution in [-0.2, 0) is 45.2 Å². The van der Waals surface area contributed by atoms with Gasteiger partial charge in [0.05, 0.1) is 30.9 Å². The Balaban J connectivity index is 0.000000629. The van der Waals surface area contributed by atoms with Crippen molar-refractivity contribution in [1.82, 2.24) is 44.9 Å². The highest BCUT2D eigenvalue weighted by molar-refractivity contribution is 6.92. The molecule has 0 radical (unpaired) electrons. The number of aromatic nitrogens is 4. The smallest absolute Gasteiger partial charge is 0.353 e. The summed E-state index contributed by atoms with van der Waals surface area (Å²) in [5.41, 5.74) is 14.7. The number of nitrogens with one attached hydrogen (secondary N) is 1. The lowest BCUT2D eigenvalue weighted by atomic mass is 10.1. The van der Waals surface area contributed by atoms with Crippen LogP contribution in [0.5, 0.6) is 0 Å². The molecule has 0 bridgehead atoms. The Kier molecular flexibility index (Phi) is 30.3. The number of esters is 2. The van der Waals surface area contributed by atoms with Crippen LogP contribution in [-0.4, -0.2) is 154 Å². The molecular weight excluding hydrogens is 1070 g/mol. The van der Waals surface area contributed by atoms with Gasteiger partial charge >= 0.3 is 23.3 Å². The molecule has 4 aromatic rings. The first kappa shape index (κ1) is 65.9. The normalized spacial score (nSPS) is 12.8. The van der Waals surface area contributed by atoms with Crippen molar-refractivity contribution in [2.75, 3.05) is 96.0 Å². The fraction of sp³-hybridized carbons (Fsp3) is 0.529. The van der Waals surface area contributed by atoms with E-state index in [9.17, 15) is 39.4 Å². The molecule has 0 saturated carbocycles. The summed E-state index contributed by atoms with van der Waals surface area (Å²) < 4.78 is 21.4. The number of nitro groups is 2. The number of nitrogen functional groups attached to an aromatic ring is 2. The molecule has 1 unspecified atom stereocenters. The third kappa shape index (κ3) is 22.1. The fourth-order valence-electron chi connectivity index (χ4n) is 8.25. The van der Waals surface area contributed by atoms with Gasteiger partial charge in [-0.2, -0.15) is 24.8 Å². The zero-order valence-electron chi connectivity index (χ0n) is 47.8. The third-order valence-electron chi connectivity index (χ3n) is 11.7. The SMILES string of the molecule is CCCN(C)C(=O)c1nc(N)c([N+](=O)[O-])c(Cl)n1.CCCN(C)C(=O)c1nc(N)c([N+](=O)[O-])c(N(CC(=O)OCC)Cc2cccc(CN3CCCC3)c2)n1.CCOC(=O)CNCc1cccc(CN2CCCC2)c1.Cl.[2H]C.[2H]P. The van der Waals surface area contributed by atoms with Crippen LogP contribution in [0.1, 0.15) is 118 Å². The maximum absolute atomic E-state index is 12.9. The monoisotopic (exact) mass is 1150 g/mol. The first-order chi connectivity index (χ1) is 37.9. The summed E-state index contributed by atoms with van der Waals surface area (Å²) in [4.78, 5) is 94.1. The Morgan fingerprint density at radius 1 is 0.731 bits per heavy atom. The Hall–Kier alpha value is -6.43. The van der Waals surface area contributed by atoms with Gasteiger partial charge in [-0.1, -0.05) is 81.4 Å². The second-order valence-electron chi connectivity index (χ2n) is 17.8. The van der Waals surface area contributed by atoms with Crippen LogP contribution in [0.4, 0.5) is 28.8 Å². The van der Waals surface area contributed by atoms with E-state index in [1.54, 1.807) is 30.9 Å². The topological polar surface area (TPSA) is 305 Å². The van der Waals surface area contributed by atoms with Gasteiger partial charge < -0.3 is 41.0 Å². The van der Waals surface area contributed by atoms with E-state index in [2.05, 4.69) is 59.3 Å². The minimum absolute atomic E-state index is 0. The van der Waals surface area contributed by atoms with E-state index in [0.717, 1.165) is 43.7 Å². The van der Waals surface area contributed by atoms with E-state index in [0.29, 0.717) is 32.7 Å². The minimum Gasteiger partial charge on any atom is -0.465 e. The van der Waals surface area contributed by atoms with Gasteiger partial charge in [-0.3, -0.25) is 49.2 Å². The standard InChI is InChI=1S/C25H35N7O5.C16H24N2O2.C9H12ClN5O3.CH4.ClH.H3P/c1-4-11-29(3)25(34)23-27-22(26)21(32(35)36)24(28-23)31(17-20(33)37-5-2)16-19-10-8-9-18(14-19)15-30-12-6-7-13-30;1-2-20-16(19)12-17-11-14-6-5-7-15(10-14)13-18-8-3-4-9-18;1-3-4-14(2)9(16)8-12-6(10)5(15(17)18)7(11)13-8;;;/h8-10,14H,4-7,11-13,15-17H2,1-3H3,(H2,26,27,28);5-7,10,17H,2-4,8-9,11-13H2,1H3;3-4H2,1-2H3,(H2,11,12,13);1H4;1H;1H3/i;;;1D;;1D. The largest absolute Gasteiger partial charge is 0.465 e. The number of carbonyl (C=O) groups is 4. The van der Waals surface area contributed by atoms with E-state index in [1.165, 1.54) is 72.0 Å². The third-order valence-corrected chi connectivity index (χ3v) is 12.0. The lowest BCUT2D eigenvalue weighted by molar-refractivity contribution is -0.384. The quantitative estimate of drug-likeness (QED) is 0.0227. The Morgan fingerprint density at radius 2 is 1.17 bits per heavy atom. The molecule has 0 spiro atoms. The predicted molar refractivity (Wildman–Crippen MR) is 309 cm³/mol. The number of anilines is 3. The number of hydrogen-bond acceptors (Lipinski definition) is 20. The number of nitrogens with two attached hydrogens (primary N) is 2. The van der Waals surface area contributed by atoms with Gasteiger partial charge in [0.25, 0.3) is 11.8 Å². The first-order valence-electron chi connectivity index (χ1n) is 26.6. The number of rotatable bonds is 23. The number of halogens is 2. The van der Waals surface area contributed by atoms with Crippen molar-refractivity contribution in [3.8, 4) is 0 Å². The van der Waals surface area contributed by atoms with Crippen molar-refractivity contribution < 1.29 is 39.9 Å². The number of likely N-dealkylation sites (tertiary alicyclic amines) is 2. The van der Waals surface area contributed by atoms with Crippen molar-refractivity contribution in [1.29, 1.82) is 1.28 Å². The highest BCUT2D eigenvalue weighted by Crippen LogP contribution is 2.33. The van der Waals surface area contributed by atoms with Gasteiger partial charge in [-0.25, -0.2) is 4.98 Å². The van der Waals surface area contributed by atoms with Gasteiger partial charge in [0.1, 0.15) is 6.54 Å². The lowest BCUT2D eigenvalue weighted by Crippen LogP contribution is -2.34. The summed E-state index contributed by atoms with van der Waals surface area (Å²) in [6.45, 7) is 16.0. The number of hydrogen-bond donors (Lipinski definition) is 3. The van der Waals surface area contributed by atoms with Crippen molar-refractivity contribution >= 4 is 86.4 Å². The summed E-state index contributed by atoms with van der Waals surface area (Å²) in [6, 6.07) is 16.4. The summed E-state index contributed by atoms with van der Waals surface area (Å²) >= 11 is 5.61. The van der Waals surface area contributed by atoms with E-state index >= 15 is 0 Å². The number of ether oxygens (including phenoxy) is 2. The summed E-state index contributed by atoms with van der Waals surface area (Å²) in [6.07, 6.45) is 6.47. The van der Waals surface area contributed by atoms with Crippen molar-refractivity contribution in [3.05, 3.63) is 108 Å². The molecule has 2 aromatic carbocycles. The van der Waals surface area contributed by atoms with Crippen LogP contribution < -0.4 is 21.7 Å². The van der Waals surface area contributed by atoms with E-state index < -0.39 is 55.8 Å². The minimum atomic E-state index is -0.790. The number of carbonyl (C=O) groups excluding carboxylic acids is 4. The van der Waals surface area contributed by atoms with E-state index in [1.807, 2.05) is 45.0 Å². The number of amides is 2. The Morgan fingerprint density at radius 3 is 1.63 bits per heavy atom. The van der Waals surface area contributed by atoms with Gasteiger partial charge in [0.15, 0.2) is 0 Å². The molecule has 2 aliphatic rings. The molecular formula is C51H79Cl2N14O10P. The molecule has 78 heavy (non-hydrogen) atoms. The zero-order valence-corrected chi connectivity index (χ0v) is 48.5. The van der Waals surface area contributed by atoms with Gasteiger partial charge in [-0.15, -0.1) is 12.4 Å². The fourth-order valence-corrected chi connectivity index (χ4v) is 8.49. The average molecular weight is 1150 g/mol. The van der Waals surface area contributed by atoms with Crippen LogP contribution in [0.15, 0.2) is 48.5 Å².